The first-order valence-electron chi connectivity index (χ1n) is 8.99. The van der Waals surface area contributed by atoms with E-state index >= 15 is 0 Å². The molecule has 0 N–H and O–H groups in total. The molecule has 1 aromatic heterocycles. The zero-order valence-corrected chi connectivity index (χ0v) is 16.9. The van der Waals surface area contributed by atoms with Gasteiger partial charge >= 0.3 is 11.9 Å². The lowest BCUT2D eigenvalue weighted by Gasteiger charge is -2.10. The molecule has 1 aromatic carbocycles. The van der Waals surface area contributed by atoms with Gasteiger partial charge in [-0.3, -0.25) is 14.4 Å². The third-order valence-electron chi connectivity index (χ3n) is 4.13. The number of aldehydes is 1. The maximum Gasteiger partial charge on any atom is 0.313 e. The summed E-state index contributed by atoms with van der Waals surface area (Å²) in [5.74, 6) is -1.18. The highest BCUT2D eigenvalue weighted by atomic mass is 16.6. The largest absolute Gasteiger partial charge is 0.497 e. The van der Waals surface area contributed by atoms with Gasteiger partial charge in [0.15, 0.2) is 12.0 Å². The zero-order chi connectivity index (χ0) is 21.0. The van der Waals surface area contributed by atoms with Crippen molar-refractivity contribution >= 4 is 18.2 Å². The normalized spacial score (nSPS) is 10.9. The Labute approximate surface area is 164 Å². The van der Waals surface area contributed by atoms with Crippen LogP contribution in [0.4, 0.5) is 0 Å². The Hall–Kier alpha value is -3.09. The van der Waals surface area contributed by atoms with Crippen LogP contribution in [0.15, 0.2) is 24.3 Å². The fourth-order valence-electron chi connectivity index (χ4n) is 2.49. The number of hydrogen-bond donors (Lipinski definition) is 0. The van der Waals surface area contributed by atoms with E-state index in [0.29, 0.717) is 23.4 Å². The second-order valence-corrected chi connectivity index (χ2v) is 6.93. The van der Waals surface area contributed by atoms with Gasteiger partial charge in [0.05, 0.1) is 24.6 Å². The third-order valence-corrected chi connectivity index (χ3v) is 4.13. The second-order valence-electron chi connectivity index (χ2n) is 6.93. The molecule has 0 radical (unpaired) electrons. The molecule has 0 fully saturated rings. The predicted octanol–water partition coefficient (Wildman–Crippen LogP) is 3.73. The summed E-state index contributed by atoms with van der Waals surface area (Å²) in [6, 6.07) is 6.98. The highest BCUT2D eigenvalue weighted by Gasteiger charge is 2.29. The molecule has 28 heavy (non-hydrogen) atoms. The summed E-state index contributed by atoms with van der Waals surface area (Å²) in [6.07, 6.45) is 0.576. The van der Waals surface area contributed by atoms with E-state index in [-0.39, 0.29) is 17.2 Å². The molecule has 7 nitrogen and oxygen atoms in total. The predicted molar refractivity (Wildman–Crippen MR) is 103 cm³/mol. The van der Waals surface area contributed by atoms with E-state index in [1.807, 2.05) is 0 Å². The van der Waals surface area contributed by atoms with Crippen LogP contribution >= 0.6 is 0 Å². The summed E-state index contributed by atoms with van der Waals surface area (Å²) >= 11 is 0. The minimum absolute atomic E-state index is 0.0592. The van der Waals surface area contributed by atoms with Crippen LogP contribution < -0.4 is 14.2 Å². The van der Waals surface area contributed by atoms with Crippen LogP contribution in [0.25, 0.3) is 5.69 Å². The van der Waals surface area contributed by atoms with Crippen molar-refractivity contribution in [2.75, 3.05) is 7.11 Å². The Bertz CT molecular complexity index is 877. The zero-order valence-electron chi connectivity index (χ0n) is 16.9. The Balaban J connectivity index is 2.67. The number of aromatic nitrogens is 1. The molecule has 1 heterocycles. The molecule has 0 amide bonds. The summed E-state index contributed by atoms with van der Waals surface area (Å²) in [4.78, 5) is 36.3. The van der Waals surface area contributed by atoms with E-state index in [1.165, 1.54) is 0 Å². The molecule has 0 saturated carbocycles. The third kappa shape index (κ3) is 4.24. The van der Waals surface area contributed by atoms with E-state index in [2.05, 4.69) is 0 Å². The van der Waals surface area contributed by atoms with Crippen LogP contribution in [-0.4, -0.2) is 29.9 Å². The molecule has 2 aromatic rings. The fourth-order valence-corrected chi connectivity index (χ4v) is 2.49. The summed E-state index contributed by atoms with van der Waals surface area (Å²) < 4.78 is 17.7. The Morgan fingerprint density at radius 1 is 0.929 bits per heavy atom. The lowest BCUT2D eigenvalue weighted by Crippen LogP contribution is -2.18. The molecule has 0 spiro atoms. The average molecular weight is 387 g/mol. The maximum atomic E-state index is 12.2. The van der Waals surface area contributed by atoms with E-state index < -0.39 is 23.8 Å². The molecule has 0 aliphatic carbocycles. The maximum absolute atomic E-state index is 12.2. The molecule has 150 valence electrons. The van der Waals surface area contributed by atoms with Gasteiger partial charge in [-0.2, -0.15) is 0 Å². The van der Waals surface area contributed by atoms with Crippen LogP contribution in [0.2, 0.25) is 0 Å². The molecule has 0 bridgehead atoms. The smallest absolute Gasteiger partial charge is 0.313 e. The monoisotopic (exact) mass is 387 g/mol. The molecule has 0 aliphatic heterocycles. The minimum Gasteiger partial charge on any atom is -0.497 e. The van der Waals surface area contributed by atoms with Crippen molar-refractivity contribution in [3.05, 3.63) is 35.7 Å². The van der Waals surface area contributed by atoms with Gasteiger partial charge < -0.3 is 18.8 Å². The summed E-state index contributed by atoms with van der Waals surface area (Å²) in [5, 5.41) is 0. The standard InChI is InChI=1S/C21H25NO6/c1-12(2)20(24)27-18-14(5)22(15-7-9-16(26-6)10-8-15)17(11-23)19(18)28-21(25)13(3)4/h7-13H,1-6H3. The lowest BCUT2D eigenvalue weighted by atomic mass is 10.2. The van der Waals surface area contributed by atoms with Crippen LogP contribution in [-0.2, 0) is 9.59 Å². The van der Waals surface area contributed by atoms with Crippen molar-refractivity contribution in [1.82, 2.24) is 4.57 Å². The first-order chi connectivity index (χ1) is 13.2. The van der Waals surface area contributed by atoms with Gasteiger partial charge in [0.1, 0.15) is 11.4 Å². The van der Waals surface area contributed by atoms with Gasteiger partial charge in [-0.1, -0.05) is 27.7 Å². The molecular formula is C21H25NO6. The van der Waals surface area contributed by atoms with E-state index in [0.717, 1.165) is 0 Å². The van der Waals surface area contributed by atoms with Gasteiger partial charge in [0.2, 0.25) is 5.75 Å². The van der Waals surface area contributed by atoms with E-state index in [4.69, 9.17) is 14.2 Å². The van der Waals surface area contributed by atoms with Gasteiger partial charge in [-0.25, -0.2) is 0 Å². The van der Waals surface area contributed by atoms with Crippen LogP contribution in [0, 0.1) is 18.8 Å². The number of benzene rings is 1. The minimum atomic E-state index is -0.531. The number of rotatable bonds is 7. The summed E-state index contributed by atoms with van der Waals surface area (Å²) in [6.45, 7) is 8.43. The number of carbonyl (C=O) groups is 3. The number of methoxy groups -OCH3 is 1. The van der Waals surface area contributed by atoms with Gasteiger partial charge in [0.25, 0.3) is 0 Å². The van der Waals surface area contributed by atoms with Crippen molar-refractivity contribution in [2.24, 2.45) is 11.8 Å². The summed E-state index contributed by atoms with van der Waals surface area (Å²) in [7, 11) is 1.56. The number of ether oxygens (including phenoxy) is 3. The molecule has 7 heteroatoms. The van der Waals surface area contributed by atoms with Gasteiger partial charge in [-0.05, 0) is 31.2 Å². The van der Waals surface area contributed by atoms with E-state index in [1.54, 1.807) is 70.6 Å². The van der Waals surface area contributed by atoms with Crippen LogP contribution in [0.5, 0.6) is 17.2 Å². The Morgan fingerprint density at radius 2 is 1.43 bits per heavy atom. The average Bonchev–Trinajstić information content (AvgIpc) is 2.92. The lowest BCUT2D eigenvalue weighted by molar-refractivity contribution is -0.140. The van der Waals surface area contributed by atoms with Crippen molar-refractivity contribution in [3.8, 4) is 22.9 Å². The topological polar surface area (TPSA) is 83.8 Å². The molecule has 0 atom stereocenters. The number of hydrogen-bond acceptors (Lipinski definition) is 6. The van der Waals surface area contributed by atoms with Crippen LogP contribution in [0.1, 0.15) is 43.9 Å². The molecule has 0 aliphatic rings. The number of nitrogens with zero attached hydrogens (tertiary/aromatic N) is 1. The van der Waals surface area contributed by atoms with E-state index in [9.17, 15) is 14.4 Å². The quantitative estimate of drug-likeness (QED) is 0.532. The number of carbonyl (C=O) groups excluding carboxylic acids is 3. The first kappa shape index (κ1) is 21.2. The molecule has 0 saturated heterocycles. The Kier molecular flexibility index (Phi) is 6.62. The van der Waals surface area contributed by atoms with Gasteiger partial charge in [-0.15, -0.1) is 0 Å². The molecule has 0 unspecified atom stereocenters. The SMILES string of the molecule is COc1ccc(-n2c(C)c(OC(=O)C(C)C)c(OC(=O)C(C)C)c2C=O)cc1. The van der Waals surface area contributed by atoms with Crippen molar-refractivity contribution in [3.63, 3.8) is 0 Å². The highest BCUT2D eigenvalue weighted by molar-refractivity contribution is 5.87. The fraction of sp³-hybridized carbons (Fsp3) is 0.381. The second kappa shape index (κ2) is 8.73. The van der Waals surface area contributed by atoms with Crippen LogP contribution in [0.3, 0.4) is 0 Å². The molecular weight excluding hydrogens is 362 g/mol. The molecule has 2 rings (SSSR count). The first-order valence-corrected chi connectivity index (χ1v) is 8.99. The van der Waals surface area contributed by atoms with Crippen molar-refractivity contribution in [1.29, 1.82) is 0 Å². The number of esters is 2. The van der Waals surface area contributed by atoms with Crippen molar-refractivity contribution < 1.29 is 28.6 Å². The highest BCUT2D eigenvalue weighted by Crippen LogP contribution is 2.40. The van der Waals surface area contributed by atoms with Gasteiger partial charge in [0, 0.05) is 5.69 Å². The van der Waals surface area contributed by atoms with Crippen molar-refractivity contribution in [2.45, 2.75) is 34.6 Å². The summed E-state index contributed by atoms with van der Waals surface area (Å²) in [5.41, 5.74) is 1.19. The Morgan fingerprint density at radius 3 is 1.86 bits per heavy atom.